The van der Waals surface area contributed by atoms with Crippen molar-refractivity contribution in [3.8, 4) is 0 Å². The van der Waals surface area contributed by atoms with Crippen molar-refractivity contribution in [3.05, 3.63) is 12.1 Å². The van der Waals surface area contributed by atoms with Crippen LogP contribution in [0.3, 0.4) is 0 Å². The van der Waals surface area contributed by atoms with Gasteiger partial charge in [0.2, 0.25) is 5.89 Å². The largest absolute Gasteiger partial charge is 0.427 e. The predicted molar refractivity (Wildman–Crippen MR) is 46.6 cm³/mol. The highest BCUT2D eigenvalue weighted by molar-refractivity contribution is 7.89. The average molecular weight is 204 g/mol. The lowest BCUT2D eigenvalue weighted by Crippen LogP contribution is -2.12. The summed E-state index contributed by atoms with van der Waals surface area (Å²) in [4.78, 5) is 3.83. The molecule has 6 heteroatoms. The van der Waals surface area contributed by atoms with Crippen LogP contribution in [0.4, 0.5) is 0 Å². The molecule has 0 fully saturated rings. The lowest BCUT2D eigenvalue weighted by molar-refractivity contribution is 0.343. The molecule has 0 aliphatic heterocycles. The molecule has 0 bridgehead atoms. The van der Waals surface area contributed by atoms with Crippen molar-refractivity contribution in [2.75, 3.05) is 0 Å². The fourth-order valence-electron chi connectivity index (χ4n) is 0.738. The van der Waals surface area contributed by atoms with Gasteiger partial charge in [0.25, 0.3) is 15.1 Å². The van der Waals surface area contributed by atoms with Crippen LogP contribution in [0.5, 0.6) is 0 Å². The van der Waals surface area contributed by atoms with Gasteiger partial charge in [0.1, 0.15) is 0 Å². The lowest BCUT2D eigenvalue weighted by Gasteiger charge is -2.11. The molecule has 5 nitrogen and oxygen atoms in total. The van der Waals surface area contributed by atoms with Gasteiger partial charge in [0.15, 0.2) is 0 Å². The third-order valence-electron chi connectivity index (χ3n) is 1.41. The van der Waals surface area contributed by atoms with E-state index in [0.29, 0.717) is 5.89 Å². The Morgan fingerprint density at radius 1 is 1.46 bits per heavy atom. The van der Waals surface area contributed by atoms with Crippen LogP contribution in [0, 0.1) is 0 Å². The molecule has 1 rings (SSSR count). The van der Waals surface area contributed by atoms with E-state index in [-0.39, 0.29) is 10.5 Å². The molecule has 0 aromatic carbocycles. The van der Waals surface area contributed by atoms with E-state index >= 15 is 0 Å². The molecule has 0 unspecified atom stereocenters. The summed E-state index contributed by atoms with van der Waals surface area (Å²) >= 11 is 0. The molecule has 0 spiro atoms. The number of hydrogen-bond acceptors (Lipinski definition) is 4. The molecule has 0 radical (unpaired) electrons. The van der Waals surface area contributed by atoms with Gasteiger partial charge >= 0.3 is 0 Å². The van der Waals surface area contributed by atoms with Gasteiger partial charge in [-0.3, -0.25) is 0 Å². The first-order chi connectivity index (χ1) is 5.71. The minimum absolute atomic E-state index is 0.294. The molecule has 2 N–H and O–H groups in total. The molecule has 0 amide bonds. The lowest BCUT2D eigenvalue weighted by atomic mass is 9.97. The zero-order chi connectivity index (χ0) is 10.3. The van der Waals surface area contributed by atoms with Gasteiger partial charge in [-0.25, -0.2) is 18.5 Å². The molecule has 1 aromatic heterocycles. The molecule has 0 atom stereocenters. The highest BCUT2D eigenvalue weighted by Crippen LogP contribution is 2.22. The molecular weight excluding hydrogens is 192 g/mol. The maximum Gasteiger partial charge on any atom is 0.273 e. The molecule has 13 heavy (non-hydrogen) atoms. The number of aromatic nitrogens is 1. The van der Waals surface area contributed by atoms with E-state index in [4.69, 9.17) is 9.56 Å². The van der Waals surface area contributed by atoms with Gasteiger partial charge < -0.3 is 4.42 Å². The third-order valence-corrected chi connectivity index (χ3v) is 2.16. The summed E-state index contributed by atoms with van der Waals surface area (Å²) in [6.07, 6.45) is 1.12. The Morgan fingerprint density at radius 3 is 2.23 bits per heavy atom. The van der Waals surface area contributed by atoms with Crippen molar-refractivity contribution in [2.45, 2.75) is 31.3 Å². The summed E-state index contributed by atoms with van der Waals surface area (Å²) < 4.78 is 26.6. The Hall–Kier alpha value is -0.880. The summed E-state index contributed by atoms with van der Waals surface area (Å²) in [7, 11) is -3.77. The van der Waals surface area contributed by atoms with E-state index in [1.54, 1.807) is 0 Å². The van der Waals surface area contributed by atoms with Gasteiger partial charge in [-0.1, -0.05) is 20.8 Å². The van der Waals surface area contributed by atoms with Crippen molar-refractivity contribution in [2.24, 2.45) is 5.14 Å². The second kappa shape index (κ2) is 2.81. The highest BCUT2D eigenvalue weighted by Gasteiger charge is 2.23. The van der Waals surface area contributed by atoms with E-state index < -0.39 is 10.0 Å². The number of nitrogens with zero attached hydrogens (tertiary/aromatic N) is 1. The molecule has 74 valence electrons. The molecule has 0 saturated heterocycles. The van der Waals surface area contributed by atoms with Gasteiger partial charge in [0, 0.05) is 5.41 Å². The Balaban J connectivity index is 3.16. The third kappa shape index (κ3) is 2.28. The van der Waals surface area contributed by atoms with Crippen LogP contribution in [0.25, 0.3) is 0 Å². The molecular formula is C7H12N2O3S. The second-order valence-electron chi connectivity index (χ2n) is 3.78. The quantitative estimate of drug-likeness (QED) is 0.726. The van der Waals surface area contributed by atoms with Crippen molar-refractivity contribution in [1.29, 1.82) is 0 Å². The minimum atomic E-state index is -3.77. The Morgan fingerprint density at radius 2 is 2.00 bits per heavy atom. The van der Waals surface area contributed by atoms with Crippen LogP contribution >= 0.6 is 0 Å². The van der Waals surface area contributed by atoms with Crippen LogP contribution in [-0.4, -0.2) is 13.4 Å². The minimum Gasteiger partial charge on any atom is -0.427 e. The van der Waals surface area contributed by atoms with Crippen LogP contribution in [-0.2, 0) is 15.4 Å². The molecule has 0 aliphatic rings. The van der Waals surface area contributed by atoms with Crippen molar-refractivity contribution >= 4 is 10.0 Å². The SMILES string of the molecule is CC(C)(C)c1ncc(S(N)(=O)=O)o1. The molecule has 0 saturated carbocycles. The summed E-state index contributed by atoms with van der Waals surface area (Å²) in [6, 6.07) is 0. The van der Waals surface area contributed by atoms with Crippen LogP contribution in [0.2, 0.25) is 0 Å². The molecule has 0 aliphatic carbocycles. The van der Waals surface area contributed by atoms with E-state index in [9.17, 15) is 8.42 Å². The Labute approximate surface area is 77.0 Å². The van der Waals surface area contributed by atoms with Gasteiger partial charge in [-0.05, 0) is 0 Å². The Bertz CT molecular complexity index is 400. The molecule has 1 heterocycles. The number of nitrogens with two attached hydrogens (primary N) is 1. The maximum absolute atomic E-state index is 10.8. The predicted octanol–water partition coefficient (Wildman–Crippen LogP) is 0.620. The summed E-state index contributed by atoms with van der Waals surface area (Å²) in [5, 5.41) is 4.56. The van der Waals surface area contributed by atoms with Crippen LogP contribution < -0.4 is 5.14 Å². The number of oxazole rings is 1. The maximum atomic E-state index is 10.8. The van der Waals surface area contributed by atoms with Crippen LogP contribution in [0.1, 0.15) is 26.7 Å². The normalized spacial score (nSPS) is 13.2. The Kier molecular flexibility index (Phi) is 2.21. The van der Waals surface area contributed by atoms with E-state index in [0.717, 1.165) is 6.20 Å². The zero-order valence-corrected chi connectivity index (χ0v) is 8.55. The summed E-state index contributed by atoms with van der Waals surface area (Å²) in [6.45, 7) is 5.60. The van der Waals surface area contributed by atoms with Crippen LogP contribution in [0.15, 0.2) is 15.7 Å². The van der Waals surface area contributed by atoms with Gasteiger partial charge in [-0.2, -0.15) is 0 Å². The van der Waals surface area contributed by atoms with E-state index in [1.807, 2.05) is 20.8 Å². The zero-order valence-electron chi connectivity index (χ0n) is 7.73. The highest BCUT2D eigenvalue weighted by atomic mass is 32.2. The summed E-state index contributed by atoms with van der Waals surface area (Å²) in [5.41, 5.74) is -0.317. The van der Waals surface area contributed by atoms with Crippen molar-refractivity contribution < 1.29 is 12.8 Å². The fraction of sp³-hybridized carbons (Fsp3) is 0.571. The first-order valence-corrected chi connectivity index (χ1v) is 5.25. The molecule has 1 aromatic rings. The number of hydrogen-bond donors (Lipinski definition) is 1. The van der Waals surface area contributed by atoms with Crippen molar-refractivity contribution in [1.82, 2.24) is 4.98 Å². The topological polar surface area (TPSA) is 86.2 Å². The number of primary sulfonamides is 1. The van der Waals surface area contributed by atoms with E-state index in [1.165, 1.54) is 0 Å². The first-order valence-electron chi connectivity index (χ1n) is 3.70. The first kappa shape index (κ1) is 10.2. The summed E-state index contributed by atoms with van der Waals surface area (Å²) in [5.74, 6) is 0.358. The standard InChI is InChI=1S/C7H12N2O3S/c1-7(2,3)6-9-4-5(12-6)13(8,10)11/h4H,1-3H3,(H2,8,10,11). The van der Waals surface area contributed by atoms with Gasteiger partial charge in [0.05, 0.1) is 6.20 Å². The van der Waals surface area contributed by atoms with Gasteiger partial charge in [-0.15, -0.1) is 0 Å². The number of sulfonamides is 1. The monoisotopic (exact) mass is 204 g/mol. The smallest absolute Gasteiger partial charge is 0.273 e. The fourth-order valence-corrected chi connectivity index (χ4v) is 1.13. The van der Waals surface area contributed by atoms with Crippen molar-refractivity contribution in [3.63, 3.8) is 0 Å². The average Bonchev–Trinajstić information content (AvgIpc) is 2.28. The number of rotatable bonds is 1. The van der Waals surface area contributed by atoms with E-state index in [2.05, 4.69) is 4.98 Å². The second-order valence-corrected chi connectivity index (χ2v) is 5.27.